The number of nitrogens with zero attached hydrogens (tertiary/aromatic N) is 3. The van der Waals surface area contributed by atoms with Crippen molar-refractivity contribution < 1.29 is 18.6 Å². The van der Waals surface area contributed by atoms with Crippen molar-refractivity contribution in [2.24, 2.45) is 0 Å². The molecule has 1 aliphatic heterocycles. The highest BCUT2D eigenvalue weighted by atomic mass is 19.1. The molecule has 1 saturated heterocycles. The van der Waals surface area contributed by atoms with Gasteiger partial charge in [-0.2, -0.15) is 5.10 Å². The molecule has 0 saturated carbocycles. The van der Waals surface area contributed by atoms with Crippen LogP contribution in [-0.4, -0.2) is 41.2 Å². The minimum atomic E-state index is -0.349. The molecule has 3 heterocycles. The standard InChI is InChI=1S/C25H22FN3O3/c1-30-24-7-4-18(14-25(24)32-20-10-13-31-16-20)23-9-12-28-29(23)19-5-2-17(3-6-19)21-8-11-27-15-22(21)26/h2-9,11-12,14-15,20H,10,13,16H2,1H3/t20-/m1/s1. The van der Waals surface area contributed by atoms with Crippen molar-refractivity contribution in [1.29, 1.82) is 0 Å². The van der Waals surface area contributed by atoms with Gasteiger partial charge in [-0.05, 0) is 48.0 Å². The third-order valence-corrected chi connectivity index (χ3v) is 5.48. The normalized spacial score (nSPS) is 15.6. The quantitative estimate of drug-likeness (QED) is 0.434. The van der Waals surface area contributed by atoms with Crippen LogP contribution in [0.25, 0.3) is 28.1 Å². The summed E-state index contributed by atoms with van der Waals surface area (Å²) < 4.78 is 33.0. The van der Waals surface area contributed by atoms with Gasteiger partial charge in [0.2, 0.25) is 0 Å². The second kappa shape index (κ2) is 8.80. The van der Waals surface area contributed by atoms with E-state index in [4.69, 9.17) is 14.2 Å². The van der Waals surface area contributed by atoms with Crippen LogP contribution in [0.4, 0.5) is 4.39 Å². The average Bonchev–Trinajstić information content (AvgIpc) is 3.52. The number of methoxy groups -OCH3 is 1. The number of aromatic nitrogens is 3. The summed E-state index contributed by atoms with van der Waals surface area (Å²) in [5.74, 6) is 1.01. The number of hydrogen-bond donors (Lipinski definition) is 0. The SMILES string of the molecule is COc1ccc(-c2ccnn2-c2ccc(-c3ccncc3F)cc2)cc1O[C@@H]1CCOC1. The van der Waals surface area contributed by atoms with Crippen LogP contribution in [0.15, 0.2) is 73.2 Å². The molecular weight excluding hydrogens is 409 g/mol. The molecular formula is C25H22FN3O3. The fraction of sp³-hybridized carbons (Fsp3) is 0.200. The van der Waals surface area contributed by atoms with Crippen molar-refractivity contribution in [2.45, 2.75) is 12.5 Å². The summed E-state index contributed by atoms with van der Waals surface area (Å²) in [5.41, 5.74) is 4.01. The minimum Gasteiger partial charge on any atom is -0.493 e. The molecule has 1 aliphatic rings. The van der Waals surface area contributed by atoms with Gasteiger partial charge in [-0.1, -0.05) is 12.1 Å². The number of halogens is 1. The smallest absolute Gasteiger partial charge is 0.162 e. The van der Waals surface area contributed by atoms with Crippen molar-refractivity contribution in [3.05, 3.63) is 79.0 Å². The molecule has 0 N–H and O–H groups in total. The molecule has 0 aliphatic carbocycles. The van der Waals surface area contributed by atoms with E-state index in [1.54, 1.807) is 25.6 Å². The Hall–Kier alpha value is -3.71. The van der Waals surface area contributed by atoms with Crippen LogP contribution < -0.4 is 9.47 Å². The molecule has 0 spiro atoms. The van der Waals surface area contributed by atoms with Crippen LogP contribution in [0.5, 0.6) is 11.5 Å². The Kier molecular flexibility index (Phi) is 5.56. The summed E-state index contributed by atoms with van der Waals surface area (Å²) in [7, 11) is 1.63. The molecule has 6 nitrogen and oxygen atoms in total. The molecule has 1 atom stereocenters. The average molecular weight is 431 g/mol. The van der Waals surface area contributed by atoms with Gasteiger partial charge in [0, 0.05) is 23.7 Å². The van der Waals surface area contributed by atoms with Crippen molar-refractivity contribution in [1.82, 2.24) is 14.8 Å². The fourth-order valence-electron chi connectivity index (χ4n) is 3.83. The van der Waals surface area contributed by atoms with Crippen LogP contribution >= 0.6 is 0 Å². The zero-order valence-electron chi connectivity index (χ0n) is 17.6. The summed E-state index contributed by atoms with van der Waals surface area (Å²) in [4.78, 5) is 3.81. The van der Waals surface area contributed by atoms with Crippen LogP contribution in [0.2, 0.25) is 0 Å². The van der Waals surface area contributed by atoms with E-state index in [1.807, 2.05) is 53.2 Å². The van der Waals surface area contributed by atoms with E-state index >= 15 is 0 Å². The predicted octanol–water partition coefficient (Wildman–Crippen LogP) is 4.92. The third-order valence-electron chi connectivity index (χ3n) is 5.48. The third kappa shape index (κ3) is 3.94. The van der Waals surface area contributed by atoms with Crippen molar-refractivity contribution in [3.63, 3.8) is 0 Å². The zero-order chi connectivity index (χ0) is 21.9. The van der Waals surface area contributed by atoms with Crippen LogP contribution in [0.3, 0.4) is 0 Å². The van der Waals surface area contributed by atoms with Gasteiger partial charge in [0.25, 0.3) is 0 Å². The maximum atomic E-state index is 14.1. The molecule has 0 amide bonds. The number of rotatable bonds is 6. The van der Waals surface area contributed by atoms with Gasteiger partial charge in [-0.3, -0.25) is 4.98 Å². The Labute approximate surface area is 185 Å². The van der Waals surface area contributed by atoms with Gasteiger partial charge in [-0.25, -0.2) is 9.07 Å². The number of pyridine rings is 1. The van der Waals surface area contributed by atoms with Gasteiger partial charge in [0.05, 0.1) is 44.1 Å². The molecule has 7 heteroatoms. The first-order valence-electron chi connectivity index (χ1n) is 10.4. The topological polar surface area (TPSA) is 58.4 Å². The summed E-state index contributed by atoms with van der Waals surface area (Å²) >= 11 is 0. The first-order valence-corrected chi connectivity index (χ1v) is 10.4. The van der Waals surface area contributed by atoms with Crippen molar-refractivity contribution in [2.75, 3.05) is 20.3 Å². The van der Waals surface area contributed by atoms with Crippen LogP contribution in [0, 0.1) is 5.82 Å². The van der Waals surface area contributed by atoms with Crippen LogP contribution in [-0.2, 0) is 4.74 Å². The van der Waals surface area contributed by atoms with Crippen LogP contribution in [0.1, 0.15) is 6.42 Å². The Morgan fingerprint density at radius 1 is 1.00 bits per heavy atom. The van der Waals surface area contributed by atoms with Crippen molar-refractivity contribution >= 4 is 0 Å². The predicted molar refractivity (Wildman–Crippen MR) is 119 cm³/mol. The molecule has 0 unspecified atom stereocenters. The van der Waals surface area contributed by atoms with E-state index < -0.39 is 0 Å². The van der Waals surface area contributed by atoms with E-state index in [0.717, 1.165) is 28.9 Å². The largest absolute Gasteiger partial charge is 0.493 e. The first-order chi connectivity index (χ1) is 15.7. The van der Waals surface area contributed by atoms with Gasteiger partial charge < -0.3 is 14.2 Å². The van der Waals surface area contributed by atoms with E-state index in [0.29, 0.717) is 30.3 Å². The lowest BCUT2D eigenvalue weighted by Gasteiger charge is -2.16. The molecule has 2 aromatic carbocycles. The molecule has 0 bridgehead atoms. The highest BCUT2D eigenvalue weighted by Crippen LogP contribution is 2.35. The van der Waals surface area contributed by atoms with E-state index in [2.05, 4.69) is 10.1 Å². The lowest BCUT2D eigenvalue weighted by molar-refractivity contribution is 0.138. The van der Waals surface area contributed by atoms with E-state index in [1.165, 1.54) is 6.20 Å². The second-order valence-electron chi connectivity index (χ2n) is 7.50. The molecule has 32 heavy (non-hydrogen) atoms. The summed E-state index contributed by atoms with van der Waals surface area (Å²) in [6, 6.07) is 17.0. The molecule has 4 aromatic rings. The Morgan fingerprint density at radius 2 is 1.84 bits per heavy atom. The Morgan fingerprint density at radius 3 is 2.59 bits per heavy atom. The summed E-state index contributed by atoms with van der Waals surface area (Å²) in [5, 5.41) is 4.50. The molecule has 2 aromatic heterocycles. The number of hydrogen-bond acceptors (Lipinski definition) is 5. The second-order valence-corrected chi connectivity index (χ2v) is 7.50. The van der Waals surface area contributed by atoms with E-state index in [9.17, 15) is 4.39 Å². The fourth-order valence-corrected chi connectivity index (χ4v) is 3.83. The highest BCUT2D eigenvalue weighted by molar-refractivity contribution is 5.68. The zero-order valence-corrected chi connectivity index (χ0v) is 17.6. The highest BCUT2D eigenvalue weighted by Gasteiger charge is 2.20. The Balaban J connectivity index is 1.46. The summed E-state index contributed by atoms with van der Waals surface area (Å²) in [6.07, 6.45) is 5.43. The maximum Gasteiger partial charge on any atom is 0.162 e. The Bertz CT molecular complexity index is 1220. The number of benzene rings is 2. The molecule has 0 radical (unpaired) electrons. The van der Waals surface area contributed by atoms with Gasteiger partial charge in [-0.15, -0.1) is 0 Å². The van der Waals surface area contributed by atoms with Crippen molar-refractivity contribution in [3.8, 4) is 39.6 Å². The summed E-state index contributed by atoms with van der Waals surface area (Å²) in [6.45, 7) is 1.29. The van der Waals surface area contributed by atoms with Gasteiger partial charge in [0.1, 0.15) is 11.9 Å². The first kappa shape index (κ1) is 20.2. The monoisotopic (exact) mass is 431 g/mol. The maximum absolute atomic E-state index is 14.1. The lowest BCUT2D eigenvalue weighted by Crippen LogP contribution is -2.16. The minimum absolute atomic E-state index is 0.0187. The molecule has 162 valence electrons. The van der Waals surface area contributed by atoms with Gasteiger partial charge in [0.15, 0.2) is 11.5 Å². The van der Waals surface area contributed by atoms with E-state index in [-0.39, 0.29) is 11.9 Å². The van der Waals surface area contributed by atoms with Gasteiger partial charge >= 0.3 is 0 Å². The molecule has 5 rings (SSSR count). The molecule has 1 fully saturated rings. The lowest BCUT2D eigenvalue weighted by atomic mass is 10.1. The number of ether oxygens (including phenoxy) is 3.